The summed E-state index contributed by atoms with van der Waals surface area (Å²) in [6.07, 6.45) is -4.95. The van der Waals surface area contributed by atoms with Crippen molar-refractivity contribution in [3.63, 3.8) is 0 Å². The zero-order valence-corrected chi connectivity index (χ0v) is 29.8. The molecule has 8 heteroatoms. The first-order valence-electron chi connectivity index (χ1n) is 18.2. The molecule has 10 aromatic rings. The van der Waals surface area contributed by atoms with E-state index in [1.165, 1.54) is 12.1 Å². The molecule has 0 N–H and O–H groups in total. The first-order chi connectivity index (χ1) is 27.7. The van der Waals surface area contributed by atoms with Crippen LogP contribution in [0.1, 0.15) is 5.56 Å². The van der Waals surface area contributed by atoms with Crippen LogP contribution in [0.2, 0.25) is 0 Å². The van der Waals surface area contributed by atoms with E-state index < -0.39 is 29.2 Å². The van der Waals surface area contributed by atoms with E-state index in [4.69, 9.17) is 0 Å². The number of fused-ring (bicyclic) bond motifs is 6. The van der Waals surface area contributed by atoms with E-state index in [9.17, 15) is 13.2 Å². The Morgan fingerprint density at radius 2 is 0.719 bits per heavy atom. The Labute approximate surface area is 322 Å². The van der Waals surface area contributed by atoms with Gasteiger partial charge in [0, 0.05) is 21.5 Å². The van der Waals surface area contributed by atoms with E-state index in [0.29, 0.717) is 32.8 Å². The van der Waals surface area contributed by atoms with Crippen LogP contribution in [0.25, 0.3) is 88.4 Å². The highest BCUT2D eigenvalue weighted by Crippen LogP contribution is 2.47. The van der Waals surface area contributed by atoms with Gasteiger partial charge in [0.15, 0.2) is 17.5 Å². The van der Waals surface area contributed by atoms with Crippen LogP contribution in [0.4, 0.5) is 26.3 Å². The van der Waals surface area contributed by atoms with Crippen LogP contribution >= 0.6 is 0 Å². The van der Waals surface area contributed by atoms with Crippen molar-refractivity contribution in [2.24, 2.45) is 0 Å². The van der Waals surface area contributed by atoms with Gasteiger partial charge in [0.1, 0.15) is 5.56 Å². The number of alkyl halides is 3. The molecule has 0 atom stereocenters. The molecule has 0 aliphatic carbocycles. The van der Waals surface area contributed by atoms with Crippen LogP contribution in [0.15, 0.2) is 170 Å². The largest absolute Gasteiger partial charge is 0.420 e. The molecule has 2 heterocycles. The molecular weight excluding hydrogens is 731 g/mol. The zero-order chi connectivity index (χ0) is 39.0. The fourth-order valence-corrected chi connectivity index (χ4v) is 8.22. The molecule has 0 bridgehead atoms. The summed E-state index contributed by atoms with van der Waals surface area (Å²) in [5, 5.41) is 2.87. The third kappa shape index (κ3) is 5.59. The average molecular weight is 759 g/mol. The van der Waals surface area contributed by atoms with Crippen molar-refractivity contribution in [2.75, 3.05) is 0 Å². The molecule has 0 amide bonds. The number of hydrogen-bond acceptors (Lipinski definition) is 0. The van der Waals surface area contributed by atoms with Gasteiger partial charge in [-0.2, -0.15) is 13.2 Å². The van der Waals surface area contributed by atoms with Crippen molar-refractivity contribution >= 4 is 43.6 Å². The second kappa shape index (κ2) is 13.0. The third-order valence-corrected chi connectivity index (χ3v) is 10.7. The molecule has 0 unspecified atom stereocenters. The van der Waals surface area contributed by atoms with Gasteiger partial charge in [-0.25, -0.2) is 13.2 Å². The summed E-state index contributed by atoms with van der Waals surface area (Å²) in [6, 6.07) is 49.1. The average Bonchev–Trinajstić information content (AvgIpc) is 3.74. The summed E-state index contributed by atoms with van der Waals surface area (Å²) < 4.78 is 96.4. The van der Waals surface area contributed by atoms with Crippen molar-refractivity contribution in [3.05, 3.63) is 193 Å². The van der Waals surface area contributed by atoms with Gasteiger partial charge >= 0.3 is 6.18 Å². The minimum Gasteiger partial charge on any atom is -0.309 e. The molecule has 0 spiro atoms. The van der Waals surface area contributed by atoms with Crippen molar-refractivity contribution in [2.45, 2.75) is 6.18 Å². The highest BCUT2D eigenvalue weighted by atomic mass is 19.4. The lowest BCUT2D eigenvalue weighted by Gasteiger charge is -2.23. The number of aromatic nitrogens is 2. The Bertz CT molecular complexity index is 2990. The molecule has 0 aliphatic heterocycles. The number of halogens is 6. The molecule has 57 heavy (non-hydrogen) atoms. The predicted molar refractivity (Wildman–Crippen MR) is 216 cm³/mol. The van der Waals surface area contributed by atoms with E-state index in [2.05, 4.69) is 0 Å². The minimum absolute atomic E-state index is 0.0566. The maximum Gasteiger partial charge on any atom is 0.420 e. The van der Waals surface area contributed by atoms with E-state index in [-0.39, 0.29) is 22.5 Å². The van der Waals surface area contributed by atoms with Crippen LogP contribution in [0.5, 0.6) is 0 Å². The maximum absolute atomic E-state index is 16.3. The van der Waals surface area contributed by atoms with Gasteiger partial charge in [-0.05, 0) is 81.9 Å². The number of nitrogens with zero attached hydrogens (tertiary/aromatic N) is 2. The van der Waals surface area contributed by atoms with E-state index in [1.54, 1.807) is 33.4 Å². The van der Waals surface area contributed by atoms with Gasteiger partial charge < -0.3 is 9.13 Å². The molecule has 0 saturated carbocycles. The molecule has 276 valence electrons. The smallest absolute Gasteiger partial charge is 0.309 e. The van der Waals surface area contributed by atoms with Gasteiger partial charge in [-0.3, -0.25) is 0 Å². The van der Waals surface area contributed by atoms with E-state index in [0.717, 1.165) is 45.2 Å². The lowest BCUT2D eigenvalue weighted by atomic mass is 9.98. The van der Waals surface area contributed by atoms with Gasteiger partial charge in [0.25, 0.3) is 0 Å². The SMILES string of the molecule is Fc1cc(-c2cc(-n3c4ccccc4c4ccc(-c5ccccc5)cc43)c(C(F)(F)F)c(-n3c4ccccc4c4ccc(-c5ccccc5)cc43)c2)cc(F)c1F. The van der Waals surface area contributed by atoms with Crippen LogP contribution in [0, 0.1) is 17.5 Å². The van der Waals surface area contributed by atoms with Gasteiger partial charge in [0.2, 0.25) is 0 Å². The van der Waals surface area contributed by atoms with Crippen LogP contribution in [0.3, 0.4) is 0 Å². The molecule has 0 saturated heterocycles. The Morgan fingerprint density at radius 1 is 0.333 bits per heavy atom. The molecular formula is C49H28F6N2. The van der Waals surface area contributed by atoms with Gasteiger partial charge in [0.05, 0.1) is 33.4 Å². The van der Waals surface area contributed by atoms with Crippen LogP contribution in [-0.4, -0.2) is 9.13 Å². The summed E-state index contributed by atoms with van der Waals surface area (Å²) in [5.41, 5.74) is 3.75. The van der Waals surface area contributed by atoms with Gasteiger partial charge in [-0.15, -0.1) is 0 Å². The molecule has 8 aromatic carbocycles. The topological polar surface area (TPSA) is 9.86 Å². The second-order valence-corrected chi connectivity index (χ2v) is 14.0. The Morgan fingerprint density at radius 3 is 1.16 bits per heavy atom. The van der Waals surface area contributed by atoms with Crippen molar-refractivity contribution in [1.29, 1.82) is 0 Å². The molecule has 0 radical (unpaired) electrons. The molecule has 10 rings (SSSR count). The van der Waals surface area contributed by atoms with E-state index >= 15 is 13.2 Å². The summed E-state index contributed by atoms with van der Waals surface area (Å²) in [4.78, 5) is 0. The monoisotopic (exact) mass is 758 g/mol. The normalized spacial score (nSPS) is 12.0. The van der Waals surface area contributed by atoms with Crippen LogP contribution in [-0.2, 0) is 6.18 Å². The lowest BCUT2D eigenvalue weighted by Crippen LogP contribution is -2.16. The number of benzene rings is 8. The maximum atomic E-state index is 16.3. The fraction of sp³-hybridized carbons (Fsp3) is 0.0204. The summed E-state index contributed by atoms with van der Waals surface area (Å²) in [7, 11) is 0. The van der Waals surface area contributed by atoms with E-state index in [1.807, 2.05) is 121 Å². The second-order valence-electron chi connectivity index (χ2n) is 14.0. The van der Waals surface area contributed by atoms with Crippen molar-refractivity contribution in [1.82, 2.24) is 9.13 Å². The Kier molecular flexibility index (Phi) is 7.87. The van der Waals surface area contributed by atoms with Crippen LogP contribution < -0.4 is 0 Å². The third-order valence-electron chi connectivity index (χ3n) is 10.7. The number of hydrogen-bond donors (Lipinski definition) is 0. The highest BCUT2D eigenvalue weighted by molar-refractivity contribution is 6.12. The molecule has 2 aromatic heterocycles. The number of para-hydroxylation sites is 2. The quantitative estimate of drug-likeness (QED) is 0.122. The van der Waals surface area contributed by atoms with Gasteiger partial charge in [-0.1, -0.05) is 121 Å². The summed E-state index contributed by atoms with van der Waals surface area (Å²) >= 11 is 0. The first-order valence-corrected chi connectivity index (χ1v) is 18.2. The molecule has 0 aliphatic rings. The van der Waals surface area contributed by atoms with Crippen molar-refractivity contribution < 1.29 is 26.3 Å². The highest BCUT2D eigenvalue weighted by Gasteiger charge is 2.39. The summed E-state index contributed by atoms with van der Waals surface area (Å²) in [6.45, 7) is 0. The minimum atomic E-state index is -4.95. The lowest BCUT2D eigenvalue weighted by molar-refractivity contribution is -0.137. The predicted octanol–water partition coefficient (Wildman–Crippen LogP) is 14.3. The fourth-order valence-electron chi connectivity index (χ4n) is 8.22. The van der Waals surface area contributed by atoms with Crippen molar-refractivity contribution in [3.8, 4) is 44.8 Å². The summed E-state index contributed by atoms with van der Waals surface area (Å²) in [5.74, 6) is -4.58. The standard InChI is InChI=1S/C49H28F6N2/c50-39-23-33(24-40(51)48(39)52)34-27-45(56-41-17-9-7-15-35(41)37-21-19-31(25-43(37)56)29-11-3-1-4-12-29)47(49(53,54)55)46(28-34)57-42-18-10-8-16-36(42)38-22-20-32(26-44(38)57)30-13-5-2-6-14-30/h1-28H. The Balaban J connectivity index is 1.39. The zero-order valence-electron chi connectivity index (χ0n) is 29.8. The molecule has 0 fully saturated rings. The Hall–Kier alpha value is -7.06. The first kappa shape index (κ1) is 34.4. The number of rotatable bonds is 5. The molecule has 2 nitrogen and oxygen atoms in total.